The van der Waals surface area contributed by atoms with Crippen molar-refractivity contribution in [3.8, 4) is 11.5 Å². The van der Waals surface area contributed by atoms with Crippen molar-refractivity contribution in [2.75, 3.05) is 13.7 Å². The fourth-order valence-electron chi connectivity index (χ4n) is 1.20. The van der Waals surface area contributed by atoms with Crippen molar-refractivity contribution in [2.24, 2.45) is 0 Å². The molecule has 0 saturated carbocycles. The topological polar surface area (TPSA) is 58.6 Å². The van der Waals surface area contributed by atoms with Crippen LogP contribution in [0.5, 0.6) is 11.5 Å². The second-order valence-electron chi connectivity index (χ2n) is 3.16. The highest BCUT2D eigenvalue weighted by molar-refractivity contribution is 5.91. The normalized spacial score (nSPS) is 10.4. The molecule has 0 aromatic heterocycles. The minimum absolute atomic E-state index is 0.0812. The Morgan fingerprint density at radius 1 is 1.56 bits per heavy atom. The summed E-state index contributed by atoms with van der Waals surface area (Å²) >= 11 is 0. The summed E-state index contributed by atoms with van der Waals surface area (Å²) in [5.41, 5.74) is 0.793. The van der Waals surface area contributed by atoms with Gasteiger partial charge in [0.15, 0.2) is 11.5 Å². The van der Waals surface area contributed by atoms with E-state index in [9.17, 15) is 9.90 Å². The zero-order chi connectivity index (χ0) is 12.0. The Morgan fingerprint density at radius 3 is 2.94 bits per heavy atom. The van der Waals surface area contributed by atoms with Crippen molar-refractivity contribution in [2.45, 2.75) is 6.92 Å². The molecule has 0 fully saturated rings. The molecular formula is C12H15NO3. The molecule has 1 aromatic rings. The quantitative estimate of drug-likeness (QED) is 0.758. The lowest BCUT2D eigenvalue weighted by molar-refractivity contribution is -0.116. The van der Waals surface area contributed by atoms with Gasteiger partial charge in [0, 0.05) is 12.6 Å². The second-order valence-corrected chi connectivity index (χ2v) is 3.16. The third-order valence-electron chi connectivity index (χ3n) is 1.98. The zero-order valence-corrected chi connectivity index (χ0v) is 9.36. The van der Waals surface area contributed by atoms with E-state index >= 15 is 0 Å². The molecule has 1 aromatic carbocycles. The lowest BCUT2D eigenvalue weighted by Crippen LogP contribution is -2.19. The molecule has 0 aliphatic rings. The molecule has 16 heavy (non-hydrogen) atoms. The van der Waals surface area contributed by atoms with Crippen molar-refractivity contribution >= 4 is 12.0 Å². The van der Waals surface area contributed by atoms with E-state index in [2.05, 4.69) is 5.32 Å². The number of ether oxygens (including phenoxy) is 1. The van der Waals surface area contributed by atoms with Gasteiger partial charge in [-0.2, -0.15) is 0 Å². The van der Waals surface area contributed by atoms with Gasteiger partial charge < -0.3 is 15.2 Å². The average Bonchev–Trinajstić information content (AvgIpc) is 2.28. The standard InChI is InChI=1S/C12H15NO3/c1-3-13-12(15)7-5-9-4-6-10(14)11(8-9)16-2/h4-8,14H,3H2,1-2H3,(H,13,15)/b7-5+. The van der Waals surface area contributed by atoms with Crippen LogP contribution in [0.15, 0.2) is 24.3 Å². The number of hydrogen-bond donors (Lipinski definition) is 2. The van der Waals surface area contributed by atoms with Gasteiger partial charge in [0.25, 0.3) is 0 Å². The van der Waals surface area contributed by atoms with Crippen LogP contribution in [0, 0.1) is 0 Å². The maximum Gasteiger partial charge on any atom is 0.243 e. The number of benzene rings is 1. The second kappa shape index (κ2) is 5.80. The minimum atomic E-state index is -0.144. The van der Waals surface area contributed by atoms with E-state index in [1.54, 1.807) is 18.2 Å². The number of likely N-dealkylation sites (N-methyl/N-ethyl adjacent to an activating group) is 1. The third-order valence-corrected chi connectivity index (χ3v) is 1.98. The zero-order valence-electron chi connectivity index (χ0n) is 9.36. The maximum atomic E-state index is 11.2. The number of phenolic OH excluding ortho intramolecular Hbond substituents is 1. The Bertz CT molecular complexity index is 399. The first-order chi connectivity index (χ1) is 7.67. The van der Waals surface area contributed by atoms with Crippen molar-refractivity contribution in [3.05, 3.63) is 29.8 Å². The van der Waals surface area contributed by atoms with Gasteiger partial charge in [-0.1, -0.05) is 6.07 Å². The molecule has 0 radical (unpaired) electrons. The first-order valence-corrected chi connectivity index (χ1v) is 5.00. The Hall–Kier alpha value is -1.97. The van der Waals surface area contributed by atoms with Crippen molar-refractivity contribution in [1.82, 2.24) is 5.32 Å². The summed E-state index contributed by atoms with van der Waals surface area (Å²) in [5, 5.41) is 12.0. The molecule has 4 heteroatoms. The molecule has 0 heterocycles. The van der Waals surface area contributed by atoms with Crippen molar-refractivity contribution in [1.29, 1.82) is 0 Å². The summed E-state index contributed by atoms with van der Waals surface area (Å²) < 4.78 is 4.96. The first kappa shape index (κ1) is 12.1. The molecule has 0 unspecified atom stereocenters. The van der Waals surface area contributed by atoms with E-state index in [4.69, 9.17) is 4.74 Å². The Labute approximate surface area is 94.6 Å². The Morgan fingerprint density at radius 2 is 2.31 bits per heavy atom. The molecule has 0 spiro atoms. The third kappa shape index (κ3) is 3.31. The van der Waals surface area contributed by atoms with Gasteiger partial charge in [-0.15, -0.1) is 0 Å². The van der Waals surface area contributed by atoms with Crippen LogP contribution in [-0.4, -0.2) is 24.7 Å². The monoisotopic (exact) mass is 221 g/mol. The lowest BCUT2D eigenvalue weighted by Gasteiger charge is -2.03. The van der Waals surface area contributed by atoms with E-state index in [0.717, 1.165) is 5.56 Å². The van der Waals surface area contributed by atoms with E-state index in [0.29, 0.717) is 12.3 Å². The number of nitrogens with one attached hydrogen (secondary N) is 1. The summed E-state index contributed by atoms with van der Waals surface area (Å²) in [6.07, 6.45) is 3.10. The Balaban J connectivity index is 2.78. The lowest BCUT2D eigenvalue weighted by atomic mass is 10.2. The van der Waals surface area contributed by atoms with E-state index in [1.807, 2.05) is 6.92 Å². The highest BCUT2D eigenvalue weighted by Gasteiger charge is 2.00. The van der Waals surface area contributed by atoms with Crippen molar-refractivity contribution < 1.29 is 14.6 Å². The molecule has 86 valence electrons. The van der Waals surface area contributed by atoms with Crippen molar-refractivity contribution in [3.63, 3.8) is 0 Å². The van der Waals surface area contributed by atoms with Gasteiger partial charge in [-0.05, 0) is 30.7 Å². The first-order valence-electron chi connectivity index (χ1n) is 5.00. The molecule has 1 amide bonds. The highest BCUT2D eigenvalue weighted by atomic mass is 16.5. The van der Waals surface area contributed by atoms with Crippen LogP contribution >= 0.6 is 0 Å². The molecule has 1 rings (SSSR count). The van der Waals surface area contributed by atoms with Crippen LogP contribution in [0.25, 0.3) is 6.08 Å². The minimum Gasteiger partial charge on any atom is -0.504 e. The molecule has 4 nitrogen and oxygen atoms in total. The van der Waals surface area contributed by atoms with E-state index in [-0.39, 0.29) is 11.7 Å². The number of phenols is 1. The van der Waals surface area contributed by atoms with Gasteiger partial charge >= 0.3 is 0 Å². The van der Waals surface area contributed by atoms with Crippen LogP contribution < -0.4 is 10.1 Å². The fourth-order valence-corrected chi connectivity index (χ4v) is 1.20. The summed E-state index contributed by atoms with van der Waals surface area (Å²) in [4.78, 5) is 11.2. The summed E-state index contributed by atoms with van der Waals surface area (Å²) in [7, 11) is 1.48. The SMILES string of the molecule is CCNC(=O)/C=C/c1ccc(O)c(OC)c1. The van der Waals surface area contributed by atoms with E-state index < -0.39 is 0 Å². The number of amides is 1. The molecule has 0 saturated heterocycles. The maximum absolute atomic E-state index is 11.2. The smallest absolute Gasteiger partial charge is 0.243 e. The number of carbonyl (C=O) groups excluding carboxylic acids is 1. The van der Waals surface area contributed by atoms with Crippen LogP contribution in [0.1, 0.15) is 12.5 Å². The van der Waals surface area contributed by atoms with Gasteiger partial charge in [-0.25, -0.2) is 0 Å². The van der Waals surface area contributed by atoms with Crippen LogP contribution in [0.4, 0.5) is 0 Å². The van der Waals surface area contributed by atoms with E-state index in [1.165, 1.54) is 19.3 Å². The molecule has 0 bridgehead atoms. The summed E-state index contributed by atoms with van der Waals surface area (Å²) in [6, 6.07) is 4.88. The Kier molecular flexibility index (Phi) is 4.39. The number of carbonyl (C=O) groups is 1. The highest BCUT2D eigenvalue weighted by Crippen LogP contribution is 2.26. The average molecular weight is 221 g/mol. The molecule has 0 aliphatic heterocycles. The number of aromatic hydroxyl groups is 1. The largest absolute Gasteiger partial charge is 0.504 e. The molecular weight excluding hydrogens is 206 g/mol. The van der Waals surface area contributed by atoms with Gasteiger partial charge in [0.1, 0.15) is 0 Å². The molecule has 0 atom stereocenters. The van der Waals surface area contributed by atoms with Crippen LogP contribution in [0.2, 0.25) is 0 Å². The summed E-state index contributed by atoms with van der Waals surface area (Å²) in [5.74, 6) is 0.324. The number of methoxy groups -OCH3 is 1. The summed E-state index contributed by atoms with van der Waals surface area (Å²) in [6.45, 7) is 2.46. The molecule has 0 aliphatic carbocycles. The van der Waals surface area contributed by atoms with Crippen LogP contribution in [-0.2, 0) is 4.79 Å². The molecule has 2 N–H and O–H groups in total. The van der Waals surface area contributed by atoms with Gasteiger partial charge in [0.2, 0.25) is 5.91 Å². The predicted molar refractivity (Wildman–Crippen MR) is 62.4 cm³/mol. The van der Waals surface area contributed by atoms with Gasteiger partial charge in [0.05, 0.1) is 7.11 Å². The fraction of sp³-hybridized carbons (Fsp3) is 0.250. The number of rotatable bonds is 4. The number of hydrogen-bond acceptors (Lipinski definition) is 3. The predicted octanol–water partition coefficient (Wildman–Crippen LogP) is 1.55. The van der Waals surface area contributed by atoms with Crippen LogP contribution in [0.3, 0.4) is 0 Å². The van der Waals surface area contributed by atoms with Gasteiger partial charge in [-0.3, -0.25) is 4.79 Å².